The summed E-state index contributed by atoms with van der Waals surface area (Å²) in [6.45, 7) is 9.54. The predicted octanol–water partition coefficient (Wildman–Crippen LogP) is 1.88. The molecule has 0 bridgehead atoms. The van der Waals surface area contributed by atoms with Gasteiger partial charge in [0.05, 0.1) is 13.2 Å². The Bertz CT molecular complexity index is 179. The van der Waals surface area contributed by atoms with Gasteiger partial charge in [0.15, 0.2) is 0 Å². The predicted molar refractivity (Wildman–Crippen MR) is 47.9 cm³/mol. The largest absolute Gasteiger partial charge is 0.380 e. The van der Waals surface area contributed by atoms with E-state index in [4.69, 9.17) is 4.74 Å². The molecule has 0 saturated carbocycles. The van der Waals surface area contributed by atoms with Gasteiger partial charge in [-0.3, -0.25) is 4.79 Å². The summed E-state index contributed by atoms with van der Waals surface area (Å²) >= 11 is 0. The lowest BCUT2D eigenvalue weighted by Crippen LogP contribution is -2.30. The molecule has 0 N–H and O–H groups in total. The Morgan fingerprint density at radius 1 is 1.33 bits per heavy atom. The van der Waals surface area contributed by atoms with Crippen molar-refractivity contribution in [3.05, 3.63) is 0 Å². The smallest absolute Gasteiger partial charge is 0.135 e. The fraction of sp³-hybridized carbons (Fsp3) is 0.900. The lowest BCUT2D eigenvalue weighted by molar-refractivity contribution is -0.122. The summed E-state index contributed by atoms with van der Waals surface area (Å²) < 4.78 is 5.34. The van der Waals surface area contributed by atoms with Crippen molar-refractivity contribution in [2.24, 2.45) is 17.3 Å². The first-order chi connectivity index (χ1) is 5.43. The van der Waals surface area contributed by atoms with Crippen LogP contribution >= 0.6 is 0 Å². The van der Waals surface area contributed by atoms with Crippen LogP contribution in [0.4, 0.5) is 0 Å². The van der Waals surface area contributed by atoms with Crippen LogP contribution in [0.5, 0.6) is 0 Å². The molecule has 1 fully saturated rings. The van der Waals surface area contributed by atoms with E-state index in [0.29, 0.717) is 12.5 Å². The van der Waals surface area contributed by atoms with Gasteiger partial charge in [-0.15, -0.1) is 0 Å². The van der Waals surface area contributed by atoms with Gasteiger partial charge in [-0.2, -0.15) is 0 Å². The maximum Gasteiger partial charge on any atom is 0.135 e. The van der Waals surface area contributed by atoms with E-state index in [0.717, 1.165) is 6.61 Å². The van der Waals surface area contributed by atoms with Gasteiger partial charge in [-0.05, 0) is 18.3 Å². The lowest BCUT2D eigenvalue weighted by atomic mass is 9.74. The van der Waals surface area contributed by atoms with Crippen LogP contribution in [0.1, 0.15) is 27.7 Å². The highest BCUT2D eigenvalue weighted by Crippen LogP contribution is 2.36. The molecule has 2 atom stereocenters. The van der Waals surface area contributed by atoms with Crippen molar-refractivity contribution in [2.45, 2.75) is 27.7 Å². The van der Waals surface area contributed by atoms with E-state index in [-0.39, 0.29) is 17.1 Å². The topological polar surface area (TPSA) is 26.3 Å². The van der Waals surface area contributed by atoms with E-state index < -0.39 is 0 Å². The standard InChI is InChI=1S/C10H18O2/c1-7(11)8-5-12-6-9(8)10(2,3)4/h8-9H,5-6H2,1-4H3. The molecule has 0 aliphatic carbocycles. The first-order valence-electron chi connectivity index (χ1n) is 4.51. The van der Waals surface area contributed by atoms with Crippen molar-refractivity contribution in [1.29, 1.82) is 0 Å². The molecule has 12 heavy (non-hydrogen) atoms. The minimum Gasteiger partial charge on any atom is -0.380 e. The molecule has 1 aliphatic rings. The molecule has 0 amide bonds. The fourth-order valence-corrected chi connectivity index (χ4v) is 1.81. The molecule has 70 valence electrons. The van der Waals surface area contributed by atoms with Crippen molar-refractivity contribution in [1.82, 2.24) is 0 Å². The van der Waals surface area contributed by atoms with Gasteiger partial charge in [0.2, 0.25) is 0 Å². The van der Waals surface area contributed by atoms with Crippen LogP contribution in [0, 0.1) is 17.3 Å². The number of hydrogen-bond acceptors (Lipinski definition) is 2. The highest BCUT2D eigenvalue weighted by molar-refractivity contribution is 5.79. The molecule has 1 saturated heterocycles. The van der Waals surface area contributed by atoms with E-state index in [1.165, 1.54) is 0 Å². The summed E-state index contributed by atoms with van der Waals surface area (Å²) in [6, 6.07) is 0. The van der Waals surface area contributed by atoms with E-state index in [1.807, 2.05) is 0 Å². The second-order valence-electron chi connectivity index (χ2n) is 4.73. The van der Waals surface area contributed by atoms with Crippen LogP contribution in [0.15, 0.2) is 0 Å². The normalized spacial score (nSPS) is 30.7. The van der Waals surface area contributed by atoms with E-state index in [1.54, 1.807) is 6.92 Å². The van der Waals surface area contributed by atoms with Gasteiger partial charge < -0.3 is 4.74 Å². The molecule has 1 rings (SSSR count). The first kappa shape index (κ1) is 9.72. The van der Waals surface area contributed by atoms with E-state index in [9.17, 15) is 4.79 Å². The minimum absolute atomic E-state index is 0.130. The van der Waals surface area contributed by atoms with Crippen LogP contribution in [0.2, 0.25) is 0 Å². The van der Waals surface area contributed by atoms with Crippen LogP contribution in [0.3, 0.4) is 0 Å². The Hall–Kier alpha value is -0.370. The maximum absolute atomic E-state index is 11.2. The zero-order valence-corrected chi connectivity index (χ0v) is 8.39. The number of carbonyl (C=O) groups excluding carboxylic acids is 1. The van der Waals surface area contributed by atoms with Gasteiger partial charge in [-0.1, -0.05) is 20.8 Å². The zero-order valence-electron chi connectivity index (χ0n) is 8.39. The van der Waals surface area contributed by atoms with Gasteiger partial charge in [-0.25, -0.2) is 0 Å². The third-order valence-corrected chi connectivity index (χ3v) is 2.72. The summed E-state index contributed by atoms with van der Waals surface area (Å²) in [7, 11) is 0. The third-order valence-electron chi connectivity index (χ3n) is 2.72. The summed E-state index contributed by atoms with van der Waals surface area (Å²) in [6.07, 6.45) is 0. The summed E-state index contributed by atoms with van der Waals surface area (Å²) in [4.78, 5) is 11.2. The number of rotatable bonds is 1. The maximum atomic E-state index is 11.2. The molecule has 0 spiro atoms. The molecule has 2 unspecified atom stereocenters. The monoisotopic (exact) mass is 170 g/mol. The van der Waals surface area contributed by atoms with E-state index >= 15 is 0 Å². The number of ketones is 1. The van der Waals surface area contributed by atoms with Crippen LogP contribution < -0.4 is 0 Å². The summed E-state index contributed by atoms with van der Waals surface area (Å²) in [5.41, 5.74) is 0.187. The molecule has 0 aromatic heterocycles. The molecule has 1 heterocycles. The van der Waals surface area contributed by atoms with Crippen LogP contribution in [-0.2, 0) is 9.53 Å². The second kappa shape index (κ2) is 3.17. The average Bonchev–Trinajstić information content (AvgIpc) is 2.30. The van der Waals surface area contributed by atoms with Crippen LogP contribution in [0.25, 0.3) is 0 Å². The summed E-state index contributed by atoms with van der Waals surface area (Å²) in [5, 5.41) is 0. The molecule has 0 aromatic carbocycles. The average molecular weight is 170 g/mol. The number of Topliss-reactive ketones (excluding diaryl/α,β-unsaturated/α-hetero) is 1. The Morgan fingerprint density at radius 2 is 1.92 bits per heavy atom. The molecular formula is C10H18O2. The highest BCUT2D eigenvalue weighted by atomic mass is 16.5. The van der Waals surface area contributed by atoms with Gasteiger partial charge in [0, 0.05) is 5.92 Å². The number of carbonyl (C=O) groups is 1. The SMILES string of the molecule is CC(=O)C1COCC1C(C)(C)C. The van der Waals surface area contributed by atoms with Gasteiger partial charge >= 0.3 is 0 Å². The Kier molecular flexibility index (Phi) is 2.57. The number of ether oxygens (including phenoxy) is 1. The van der Waals surface area contributed by atoms with Crippen molar-refractivity contribution in [3.8, 4) is 0 Å². The van der Waals surface area contributed by atoms with Crippen molar-refractivity contribution >= 4 is 5.78 Å². The number of hydrogen-bond donors (Lipinski definition) is 0. The van der Waals surface area contributed by atoms with Crippen molar-refractivity contribution in [3.63, 3.8) is 0 Å². The molecule has 0 aromatic rings. The Balaban J connectivity index is 2.71. The van der Waals surface area contributed by atoms with Gasteiger partial charge in [0.1, 0.15) is 5.78 Å². The minimum atomic E-state index is 0.130. The Labute approximate surface area is 74.3 Å². The highest BCUT2D eigenvalue weighted by Gasteiger charge is 2.39. The lowest BCUT2D eigenvalue weighted by Gasteiger charge is -2.29. The van der Waals surface area contributed by atoms with Crippen molar-refractivity contribution < 1.29 is 9.53 Å². The van der Waals surface area contributed by atoms with Crippen LogP contribution in [-0.4, -0.2) is 19.0 Å². The molecular weight excluding hydrogens is 152 g/mol. The quantitative estimate of drug-likeness (QED) is 0.600. The molecule has 2 nitrogen and oxygen atoms in total. The molecule has 0 radical (unpaired) electrons. The molecule has 1 aliphatic heterocycles. The Morgan fingerprint density at radius 3 is 2.25 bits per heavy atom. The third kappa shape index (κ3) is 1.86. The fourth-order valence-electron chi connectivity index (χ4n) is 1.81. The second-order valence-corrected chi connectivity index (χ2v) is 4.73. The zero-order chi connectivity index (χ0) is 9.35. The van der Waals surface area contributed by atoms with Crippen molar-refractivity contribution in [2.75, 3.05) is 13.2 Å². The molecule has 2 heteroatoms. The van der Waals surface area contributed by atoms with Gasteiger partial charge in [0.25, 0.3) is 0 Å². The first-order valence-corrected chi connectivity index (χ1v) is 4.51. The summed E-state index contributed by atoms with van der Waals surface area (Å²) in [5.74, 6) is 0.799. The van der Waals surface area contributed by atoms with E-state index in [2.05, 4.69) is 20.8 Å².